The minimum Gasteiger partial charge on any atom is -0.392 e. The van der Waals surface area contributed by atoms with Gasteiger partial charge in [0.05, 0.1) is 12.2 Å². The molecule has 3 aromatic rings. The van der Waals surface area contributed by atoms with Crippen molar-refractivity contribution in [2.24, 2.45) is 35.5 Å². The maximum absolute atomic E-state index is 10.6. The Kier molecular flexibility index (Phi) is 10.3. The van der Waals surface area contributed by atoms with Crippen molar-refractivity contribution in [2.45, 2.75) is 72.5 Å². The van der Waals surface area contributed by atoms with Crippen LogP contribution in [0, 0.1) is 48.5 Å². The minimum atomic E-state index is -0.291. The second kappa shape index (κ2) is 12.8. The van der Waals surface area contributed by atoms with Crippen molar-refractivity contribution in [3.63, 3.8) is 0 Å². The summed E-state index contributed by atoms with van der Waals surface area (Å²) in [5.41, 5.74) is 3.30. The summed E-state index contributed by atoms with van der Waals surface area (Å²) in [4.78, 5) is 4.49. The maximum Gasteiger partial charge on any atom is 0.0626 e. The number of aromatic nitrogens is 1. The molecule has 2 aliphatic carbocycles. The van der Waals surface area contributed by atoms with Gasteiger partial charge < -0.3 is 15.2 Å². The topological polar surface area (TPSA) is 53.4 Å². The van der Waals surface area contributed by atoms with Crippen molar-refractivity contribution < 1.29 is 30.3 Å². The Morgan fingerprint density at radius 1 is 0.861 bits per heavy atom. The van der Waals surface area contributed by atoms with Crippen LogP contribution in [0.3, 0.4) is 0 Å². The van der Waals surface area contributed by atoms with E-state index < -0.39 is 0 Å². The molecule has 2 saturated carbocycles. The summed E-state index contributed by atoms with van der Waals surface area (Å²) in [6.45, 7) is 10.9. The Morgan fingerprint density at radius 3 is 2.06 bits per heavy atom. The molecule has 1 radical (unpaired) electrons. The van der Waals surface area contributed by atoms with Crippen LogP contribution in [0.2, 0.25) is 0 Å². The molecule has 6 atom stereocenters. The summed E-state index contributed by atoms with van der Waals surface area (Å²) in [5.74, 6) is 2.49. The molecule has 2 fully saturated rings. The van der Waals surface area contributed by atoms with E-state index in [4.69, 9.17) is 0 Å². The van der Waals surface area contributed by atoms with Gasteiger partial charge in [-0.25, -0.2) is 0 Å². The van der Waals surface area contributed by atoms with E-state index in [9.17, 15) is 10.2 Å². The Bertz CT molecular complexity index is 1070. The summed E-state index contributed by atoms with van der Waals surface area (Å²) < 4.78 is 0. The summed E-state index contributed by atoms with van der Waals surface area (Å²) in [6.07, 6.45) is 5.95. The molecule has 1 heterocycles. The SMILES string of the molecule is CC(C)[C@H]1CCC2CC[C@@H](C(C)C)C(O)C2C1O.Cc1ccc2ccnc(-c3[c-]cccc3)c2c1.[Ir]. The molecule has 2 aliphatic rings. The average molecular weight is 665 g/mol. The van der Waals surface area contributed by atoms with E-state index >= 15 is 0 Å². The normalized spacial score (nSPS) is 27.7. The first-order valence-electron chi connectivity index (χ1n) is 13.5. The molecule has 0 saturated heterocycles. The largest absolute Gasteiger partial charge is 0.392 e. The molecule has 0 spiro atoms. The van der Waals surface area contributed by atoms with Crippen molar-refractivity contribution in [1.82, 2.24) is 4.98 Å². The van der Waals surface area contributed by atoms with Crippen molar-refractivity contribution in [2.75, 3.05) is 0 Å². The van der Waals surface area contributed by atoms with Gasteiger partial charge in [-0.05, 0) is 84.7 Å². The van der Waals surface area contributed by atoms with E-state index in [0.717, 1.165) is 24.1 Å². The third-order valence-corrected chi connectivity index (χ3v) is 8.55. The van der Waals surface area contributed by atoms with Crippen LogP contribution in [0.15, 0.2) is 54.7 Å². The number of rotatable bonds is 3. The minimum absolute atomic E-state index is 0. The van der Waals surface area contributed by atoms with Gasteiger partial charge in [0.1, 0.15) is 0 Å². The zero-order valence-corrected chi connectivity index (χ0v) is 24.7. The van der Waals surface area contributed by atoms with Crippen LogP contribution in [0.5, 0.6) is 0 Å². The molecule has 4 unspecified atom stereocenters. The van der Waals surface area contributed by atoms with E-state index in [1.807, 2.05) is 36.5 Å². The van der Waals surface area contributed by atoms with Crippen molar-refractivity contribution in [1.29, 1.82) is 0 Å². The first-order chi connectivity index (χ1) is 16.8. The zero-order valence-electron chi connectivity index (χ0n) is 22.3. The Balaban J connectivity index is 0.000000195. The number of aliphatic hydroxyl groups excluding tert-OH is 2. The van der Waals surface area contributed by atoms with Gasteiger partial charge >= 0.3 is 0 Å². The van der Waals surface area contributed by atoms with E-state index in [-0.39, 0.29) is 38.2 Å². The second-order valence-corrected chi connectivity index (χ2v) is 11.4. The second-order valence-electron chi connectivity index (χ2n) is 11.4. The quantitative estimate of drug-likeness (QED) is 0.295. The fraction of sp³-hybridized carbons (Fsp3) is 0.531. The predicted molar refractivity (Wildman–Crippen MR) is 145 cm³/mol. The molecule has 5 rings (SSSR count). The third-order valence-electron chi connectivity index (χ3n) is 8.55. The molecule has 2 aromatic carbocycles. The fourth-order valence-corrected chi connectivity index (χ4v) is 6.51. The zero-order chi connectivity index (χ0) is 25.1. The van der Waals surface area contributed by atoms with Gasteiger partial charge in [-0.1, -0.05) is 51.5 Å². The van der Waals surface area contributed by atoms with Gasteiger partial charge in [0, 0.05) is 32.2 Å². The molecule has 0 bridgehead atoms. The summed E-state index contributed by atoms with van der Waals surface area (Å²) in [7, 11) is 0. The van der Waals surface area contributed by atoms with Crippen LogP contribution in [-0.2, 0) is 20.1 Å². The van der Waals surface area contributed by atoms with Crippen LogP contribution < -0.4 is 0 Å². The Hall–Kier alpha value is -1.58. The molecule has 3 nitrogen and oxygen atoms in total. The van der Waals surface area contributed by atoms with Crippen molar-refractivity contribution in [3.05, 3.63) is 66.4 Å². The van der Waals surface area contributed by atoms with Gasteiger partial charge in [0.2, 0.25) is 0 Å². The van der Waals surface area contributed by atoms with Crippen LogP contribution >= 0.6 is 0 Å². The van der Waals surface area contributed by atoms with E-state index in [1.165, 1.54) is 29.2 Å². The molecule has 1 aromatic heterocycles. The summed E-state index contributed by atoms with van der Waals surface area (Å²) in [6, 6.07) is 19.7. The van der Waals surface area contributed by atoms with Crippen LogP contribution in [0.1, 0.15) is 58.9 Å². The molecule has 0 aliphatic heterocycles. The number of nitrogens with zero attached hydrogens (tertiary/aromatic N) is 1. The van der Waals surface area contributed by atoms with E-state index in [0.29, 0.717) is 29.6 Å². The molecule has 197 valence electrons. The first kappa shape index (κ1) is 29.0. The van der Waals surface area contributed by atoms with Crippen LogP contribution in [0.4, 0.5) is 0 Å². The third kappa shape index (κ3) is 6.27. The number of hydrogen-bond acceptors (Lipinski definition) is 3. The molecule has 4 heteroatoms. The first-order valence-corrected chi connectivity index (χ1v) is 13.5. The Labute approximate surface area is 231 Å². The summed E-state index contributed by atoms with van der Waals surface area (Å²) >= 11 is 0. The van der Waals surface area contributed by atoms with Crippen LogP contribution in [0.25, 0.3) is 22.0 Å². The van der Waals surface area contributed by atoms with Gasteiger partial charge in [-0.3, -0.25) is 0 Å². The summed E-state index contributed by atoms with van der Waals surface area (Å²) in [5, 5.41) is 23.7. The molecular formula is C32H42IrNO2-. The standard InChI is InChI=1S/C16H12N.C16H30O2.Ir/c1-12-7-8-13-9-10-17-16(15(13)11-12)14-5-3-2-4-6-14;1-9(2)12-7-5-11-6-8-13(10(3)4)16(18)14(11)15(12)17;/h2-5,7-11H,1H3;9-18H,5-8H2,1-4H3;/q-1;;/t;11?,12-,13+,14?,15?,16?;. The van der Waals surface area contributed by atoms with E-state index in [1.54, 1.807) is 0 Å². The fourth-order valence-electron chi connectivity index (χ4n) is 6.51. The smallest absolute Gasteiger partial charge is 0.0626 e. The van der Waals surface area contributed by atoms with Crippen LogP contribution in [-0.4, -0.2) is 27.4 Å². The van der Waals surface area contributed by atoms with Gasteiger partial charge in [-0.2, -0.15) is 0 Å². The van der Waals surface area contributed by atoms with E-state index in [2.05, 4.69) is 63.9 Å². The maximum atomic E-state index is 10.6. The van der Waals surface area contributed by atoms with Crippen molar-refractivity contribution in [3.8, 4) is 11.3 Å². The van der Waals surface area contributed by atoms with Crippen molar-refractivity contribution >= 4 is 10.8 Å². The van der Waals surface area contributed by atoms with Gasteiger partial charge in [0.25, 0.3) is 0 Å². The number of aryl methyl sites for hydroxylation is 1. The monoisotopic (exact) mass is 665 g/mol. The number of aliphatic hydroxyl groups is 2. The number of fused-ring (bicyclic) bond motifs is 2. The number of pyridine rings is 1. The predicted octanol–water partition coefficient (Wildman–Crippen LogP) is 7.08. The molecule has 0 amide bonds. The van der Waals surface area contributed by atoms with Gasteiger partial charge in [-0.15, -0.1) is 35.9 Å². The molecular weight excluding hydrogens is 623 g/mol. The number of benzene rings is 2. The molecule has 2 N–H and O–H groups in total. The Morgan fingerprint density at radius 2 is 1.50 bits per heavy atom. The average Bonchev–Trinajstić information content (AvgIpc) is 2.84. The van der Waals surface area contributed by atoms with Gasteiger partial charge in [0.15, 0.2) is 0 Å². The molecule has 36 heavy (non-hydrogen) atoms. The number of hydrogen-bond donors (Lipinski definition) is 2.